The van der Waals surface area contributed by atoms with Crippen LogP contribution < -0.4 is 5.48 Å². The van der Waals surface area contributed by atoms with Gasteiger partial charge in [0, 0.05) is 10.9 Å². The molecule has 0 saturated heterocycles. The molecule has 0 fully saturated rings. The lowest BCUT2D eigenvalue weighted by molar-refractivity contribution is -0.380. The molecule has 0 radical (unpaired) electrons. The van der Waals surface area contributed by atoms with Crippen molar-refractivity contribution in [3.63, 3.8) is 0 Å². The fraction of sp³-hybridized carbons (Fsp3) is 0.556. The van der Waals surface area contributed by atoms with Gasteiger partial charge in [-0.3, -0.25) is 10.1 Å². The molecule has 0 aliphatic heterocycles. The Hall–Kier alpha value is -0.980. The number of nitrogens with zero attached hydrogens (tertiary/aromatic N) is 1. The molecule has 1 N–H and O–H groups in total. The van der Waals surface area contributed by atoms with E-state index in [0.717, 1.165) is 16.2 Å². The van der Waals surface area contributed by atoms with Gasteiger partial charge in [0.15, 0.2) is 0 Å². The zero-order valence-corrected chi connectivity index (χ0v) is 9.54. The molecule has 1 aromatic rings. The second-order valence-corrected chi connectivity index (χ2v) is 4.67. The summed E-state index contributed by atoms with van der Waals surface area (Å²) in [6, 6.07) is 3.23. The summed E-state index contributed by atoms with van der Waals surface area (Å²) in [7, 11) is 0. The van der Waals surface area contributed by atoms with Gasteiger partial charge in [0.25, 0.3) is 0 Å². The van der Waals surface area contributed by atoms with E-state index >= 15 is 0 Å². The van der Waals surface area contributed by atoms with E-state index in [4.69, 9.17) is 4.84 Å². The second-order valence-electron chi connectivity index (χ2n) is 3.52. The summed E-state index contributed by atoms with van der Waals surface area (Å²) in [5.41, 5.74) is 2.77. The highest BCUT2D eigenvalue weighted by atomic mass is 32.1. The van der Waals surface area contributed by atoms with Gasteiger partial charge in [0.1, 0.15) is 0 Å². The van der Waals surface area contributed by atoms with Gasteiger partial charge < -0.3 is 4.84 Å². The summed E-state index contributed by atoms with van der Waals surface area (Å²) in [5, 5.41) is 10.6. The van der Waals surface area contributed by atoms with Crippen LogP contribution in [-0.2, 0) is 11.4 Å². The van der Waals surface area contributed by atoms with Gasteiger partial charge in [-0.05, 0) is 12.0 Å². The van der Waals surface area contributed by atoms with Gasteiger partial charge >= 0.3 is 5.00 Å². The number of nitro groups is 1. The Morgan fingerprint density at radius 1 is 1.60 bits per heavy atom. The normalized spacial score (nSPS) is 10.9. The summed E-state index contributed by atoms with van der Waals surface area (Å²) in [6.45, 7) is 5.24. The first-order valence-electron chi connectivity index (χ1n) is 4.67. The Bertz CT molecular complexity index is 325. The average molecular weight is 230 g/mol. The van der Waals surface area contributed by atoms with Crippen LogP contribution in [0.25, 0.3) is 0 Å². The average Bonchev–Trinajstić information content (AvgIpc) is 2.60. The zero-order valence-electron chi connectivity index (χ0n) is 8.73. The lowest BCUT2D eigenvalue weighted by atomic mass is 10.2. The van der Waals surface area contributed by atoms with Crippen LogP contribution in [0, 0.1) is 16.0 Å². The maximum atomic E-state index is 10.4. The molecule has 15 heavy (non-hydrogen) atoms. The van der Waals surface area contributed by atoms with Crippen molar-refractivity contribution in [2.24, 2.45) is 5.92 Å². The first-order chi connectivity index (χ1) is 7.09. The van der Waals surface area contributed by atoms with E-state index < -0.39 is 0 Å². The first kappa shape index (κ1) is 12.1. The standard InChI is InChI=1S/C9H14N2O3S/c1-7(2)6-14-10-5-8-3-4-9(15-8)11(12)13/h3-4,7,10H,5-6H2,1-2H3. The Morgan fingerprint density at radius 3 is 2.87 bits per heavy atom. The summed E-state index contributed by atoms with van der Waals surface area (Å²) < 4.78 is 0. The molecule has 0 spiro atoms. The van der Waals surface area contributed by atoms with E-state index in [-0.39, 0.29) is 9.92 Å². The number of hydrogen-bond donors (Lipinski definition) is 1. The fourth-order valence-corrected chi connectivity index (χ4v) is 1.65. The summed E-state index contributed by atoms with van der Waals surface area (Å²) in [5.74, 6) is 0.468. The second kappa shape index (κ2) is 5.79. The molecule has 0 aromatic carbocycles. The van der Waals surface area contributed by atoms with Crippen molar-refractivity contribution < 1.29 is 9.76 Å². The quantitative estimate of drug-likeness (QED) is 0.463. The van der Waals surface area contributed by atoms with Crippen LogP contribution >= 0.6 is 11.3 Å². The molecular formula is C9H14N2O3S. The molecule has 1 aromatic heterocycles. The van der Waals surface area contributed by atoms with E-state index in [1.807, 2.05) is 0 Å². The van der Waals surface area contributed by atoms with Crippen molar-refractivity contribution >= 4 is 16.3 Å². The number of hydroxylamine groups is 1. The van der Waals surface area contributed by atoms with Crippen molar-refractivity contribution in [3.8, 4) is 0 Å². The molecule has 0 aliphatic rings. The largest absolute Gasteiger partial charge is 0.324 e. The smallest absolute Gasteiger partial charge is 0.301 e. The Morgan fingerprint density at radius 2 is 2.33 bits per heavy atom. The Balaban J connectivity index is 2.29. The summed E-state index contributed by atoms with van der Waals surface area (Å²) in [6.07, 6.45) is 0. The Labute approximate surface area is 92.2 Å². The molecule has 0 bridgehead atoms. The van der Waals surface area contributed by atoms with Crippen LogP contribution in [0.15, 0.2) is 12.1 Å². The van der Waals surface area contributed by atoms with E-state index in [9.17, 15) is 10.1 Å². The highest BCUT2D eigenvalue weighted by molar-refractivity contribution is 7.15. The van der Waals surface area contributed by atoms with Crippen LogP contribution in [0.4, 0.5) is 5.00 Å². The number of thiophene rings is 1. The van der Waals surface area contributed by atoms with Gasteiger partial charge in [-0.15, -0.1) is 0 Å². The van der Waals surface area contributed by atoms with Crippen molar-refractivity contribution in [2.75, 3.05) is 6.61 Å². The van der Waals surface area contributed by atoms with Gasteiger partial charge in [-0.25, -0.2) is 0 Å². The third-order valence-electron chi connectivity index (χ3n) is 1.59. The molecular weight excluding hydrogens is 216 g/mol. The number of rotatable bonds is 6. The molecule has 0 amide bonds. The van der Waals surface area contributed by atoms with E-state index in [1.165, 1.54) is 6.07 Å². The van der Waals surface area contributed by atoms with Crippen molar-refractivity contribution in [1.29, 1.82) is 0 Å². The van der Waals surface area contributed by atoms with Crippen molar-refractivity contribution in [3.05, 3.63) is 27.1 Å². The maximum Gasteiger partial charge on any atom is 0.324 e. The Kier molecular flexibility index (Phi) is 4.67. The molecule has 5 nitrogen and oxygen atoms in total. The first-order valence-corrected chi connectivity index (χ1v) is 5.49. The van der Waals surface area contributed by atoms with Crippen molar-refractivity contribution in [2.45, 2.75) is 20.4 Å². The fourth-order valence-electron chi connectivity index (χ4n) is 0.907. The van der Waals surface area contributed by atoms with Crippen LogP contribution in [0.1, 0.15) is 18.7 Å². The van der Waals surface area contributed by atoms with Crippen LogP contribution in [0.2, 0.25) is 0 Å². The molecule has 84 valence electrons. The SMILES string of the molecule is CC(C)CONCc1ccc([N+](=O)[O-])s1. The van der Waals surface area contributed by atoms with E-state index in [1.54, 1.807) is 6.07 Å². The molecule has 0 atom stereocenters. The summed E-state index contributed by atoms with van der Waals surface area (Å²) in [4.78, 5) is 16.1. The van der Waals surface area contributed by atoms with Crippen LogP contribution in [-0.4, -0.2) is 11.5 Å². The number of hydrogen-bond acceptors (Lipinski definition) is 5. The molecule has 0 aliphatic carbocycles. The van der Waals surface area contributed by atoms with Gasteiger partial charge in [0.2, 0.25) is 0 Å². The zero-order chi connectivity index (χ0) is 11.3. The van der Waals surface area contributed by atoms with Gasteiger partial charge in [-0.2, -0.15) is 5.48 Å². The highest BCUT2D eigenvalue weighted by Gasteiger charge is 2.08. The third-order valence-corrected chi connectivity index (χ3v) is 2.63. The lowest BCUT2D eigenvalue weighted by Crippen LogP contribution is -2.16. The number of nitrogens with one attached hydrogen (secondary N) is 1. The predicted molar refractivity (Wildman–Crippen MR) is 58.6 cm³/mol. The maximum absolute atomic E-state index is 10.4. The minimum atomic E-state index is -0.386. The van der Waals surface area contributed by atoms with E-state index in [0.29, 0.717) is 19.1 Å². The monoisotopic (exact) mass is 230 g/mol. The van der Waals surface area contributed by atoms with Crippen LogP contribution in [0.3, 0.4) is 0 Å². The molecule has 1 heterocycles. The minimum Gasteiger partial charge on any atom is -0.301 e. The lowest BCUT2D eigenvalue weighted by Gasteiger charge is -2.06. The summed E-state index contributed by atoms with van der Waals surface area (Å²) >= 11 is 1.16. The van der Waals surface area contributed by atoms with Crippen LogP contribution in [0.5, 0.6) is 0 Å². The minimum absolute atomic E-state index is 0.163. The third kappa shape index (κ3) is 4.37. The van der Waals surface area contributed by atoms with Gasteiger partial charge in [0.05, 0.1) is 18.1 Å². The van der Waals surface area contributed by atoms with E-state index in [2.05, 4.69) is 19.3 Å². The van der Waals surface area contributed by atoms with Gasteiger partial charge in [-0.1, -0.05) is 25.2 Å². The predicted octanol–water partition coefficient (Wildman–Crippen LogP) is 2.33. The molecule has 0 saturated carbocycles. The molecule has 1 rings (SSSR count). The molecule has 6 heteroatoms. The topological polar surface area (TPSA) is 64.4 Å². The van der Waals surface area contributed by atoms with Crippen molar-refractivity contribution in [1.82, 2.24) is 5.48 Å². The highest BCUT2D eigenvalue weighted by Crippen LogP contribution is 2.23. The molecule has 0 unspecified atom stereocenters.